The number of amides is 3. The summed E-state index contributed by atoms with van der Waals surface area (Å²) in [5.74, 6) is -1.74. The molecule has 4 fully saturated rings. The Morgan fingerprint density at radius 2 is 1.73 bits per heavy atom. The quantitative estimate of drug-likeness (QED) is 0.406. The molecule has 1 aromatic carbocycles. The average Bonchev–Trinajstić information content (AvgIpc) is 3.18. The number of aliphatic hydroxyl groups excluding tert-OH is 2. The van der Waals surface area contributed by atoms with Crippen molar-refractivity contribution in [2.45, 2.75) is 76.2 Å². The number of carbonyl (C=O) groups is 3. The summed E-state index contributed by atoms with van der Waals surface area (Å²) in [6, 6.07) is 7.05. The monoisotopic (exact) mass is 513 g/mol. The smallest absolute Gasteiger partial charge is 0.428 e. The highest BCUT2D eigenvalue weighted by Gasteiger charge is 2.60. The third-order valence-electron chi connectivity index (χ3n) is 8.57. The van der Waals surface area contributed by atoms with Crippen LogP contribution in [0.15, 0.2) is 29.4 Å². The van der Waals surface area contributed by atoms with Gasteiger partial charge in [0.1, 0.15) is 12.4 Å². The van der Waals surface area contributed by atoms with Crippen LogP contribution in [0, 0.1) is 23.7 Å². The van der Waals surface area contributed by atoms with Gasteiger partial charge in [-0.3, -0.25) is 14.5 Å². The molecule has 0 aromatic heterocycles. The number of likely N-dealkylation sites (tertiary alicyclic amines) is 1. The van der Waals surface area contributed by atoms with Crippen LogP contribution in [0.5, 0.6) is 5.75 Å². The molecule has 4 aliphatic rings. The molecule has 3 N–H and O–H groups in total. The number of hydrazone groups is 1. The molecule has 1 aliphatic heterocycles. The molecule has 3 saturated carbocycles. The Bertz CT molecular complexity index is 1050. The lowest BCUT2D eigenvalue weighted by Crippen LogP contribution is -2.55. The molecule has 0 radical (unpaired) electrons. The highest BCUT2D eigenvalue weighted by atomic mass is 16.6. The first-order valence-corrected chi connectivity index (χ1v) is 13.2. The highest BCUT2D eigenvalue weighted by molar-refractivity contribution is 6.06. The van der Waals surface area contributed by atoms with E-state index < -0.39 is 36.1 Å². The Hall–Kier alpha value is -2.98. The molecule has 200 valence electrons. The van der Waals surface area contributed by atoms with Gasteiger partial charge in [0.15, 0.2) is 0 Å². The van der Waals surface area contributed by atoms with Crippen molar-refractivity contribution in [1.82, 2.24) is 10.3 Å². The lowest BCUT2D eigenvalue weighted by atomic mass is 9.60. The second kappa shape index (κ2) is 10.8. The second-order valence-electron chi connectivity index (χ2n) is 10.6. The van der Waals surface area contributed by atoms with E-state index in [1.54, 1.807) is 31.4 Å². The number of benzene rings is 1. The summed E-state index contributed by atoms with van der Waals surface area (Å²) in [7, 11) is 1.57. The number of hydrogen-bond donors (Lipinski definition) is 3. The van der Waals surface area contributed by atoms with Crippen molar-refractivity contribution in [3.05, 3.63) is 29.8 Å². The number of hydrogen-bond acceptors (Lipinski definition) is 8. The molecule has 10 nitrogen and oxygen atoms in total. The first-order valence-electron chi connectivity index (χ1n) is 13.2. The van der Waals surface area contributed by atoms with E-state index in [1.807, 2.05) is 0 Å². The minimum absolute atomic E-state index is 0.0471. The fourth-order valence-corrected chi connectivity index (χ4v) is 6.74. The predicted molar refractivity (Wildman–Crippen MR) is 132 cm³/mol. The number of rotatable bonds is 5. The fraction of sp³-hybridized carbons (Fsp3) is 0.630. The van der Waals surface area contributed by atoms with Gasteiger partial charge in [0.2, 0.25) is 11.8 Å². The largest absolute Gasteiger partial charge is 0.497 e. The van der Waals surface area contributed by atoms with E-state index in [9.17, 15) is 24.6 Å². The molecule has 3 amide bonds. The van der Waals surface area contributed by atoms with Crippen LogP contribution in [0.3, 0.4) is 0 Å². The Balaban J connectivity index is 1.27. The molecule has 5 rings (SSSR count). The van der Waals surface area contributed by atoms with E-state index in [2.05, 4.69) is 10.5 Å². The molecule has 1 saturated heterocycles. The molecule has 0 unspecified atom stereocenters. The van der Waals surface area contributed by atoms with Gasteiger partial charge < -0.3 is 19.7 Å². The van der Waals surface area contributed by atoms with Gasteiger partial charge in [0.05, 0.1) is 31.2 Å². The van der Waals surface area contributed by atoms with Gasteiger partial charge in [-0.2, -0.15) is 5.10 Å². The normalized spacial score (nSPS) is 33.2. The molecule has 10 heteroatoms. The topological polar surface area (TPSA) is 138 Å². The number of aliphatic hydroxyl groups is 2. The van der Waals surface area contributed by atoms with Gasteiger partial charge in [-0.15, -0.1) is 0 Å². The Morgan fingerprint density at radius 1 is 1.03 bits per heavy atom. The first kappa shape index (κ1) is 25.7. The van der Waals surface area contributed by atoms with E-state index in [0.29, 0.717) is 24.3 Å². The third-order valence-corrected chi connectivity index (χ3v) is 8.57. The van der Waals surface area contributed by atoms with Crippen molar-refractivity contribution in [1.29, 1.82) is 0 Å². The van der Waals surface area contributed by atoms with Crippen molar-refractivity contribution in [2.24, 2.45) is 28.8 Å². The molecule has 0 bridgehead atoms. The van der Waals surface area contributed by atoms with Crippen molar-refractivity contribution >= 4 is 23.6 Å². The van der Waals surface area contributed by atoms with Crippen LogP contribution >= 0.6 is 0 Å². The third kappa shape index (κ3) is 4.96. The van der Waals surface area contributed by atoms with Crippen molar-refractivity contribution in [3.8, 4) is 5.75 Å². The maximum Gasteiger partial charge on any atom is 0.428 e. The molecule has 1 heterocycles. The van der Waals surface area contributed by atoms with E-state index in [0.717, 1.165) is 37.7 Å². The lowest BCUT2D eigenvalue weighted by molar-refractivity contribution is -0.145. The Morgan fingerprint density at radius 3 is 2.43 bits per heavy atom. The van der Waals surface area contributed by atoms with Crippen molar-refractivity contribution in [2.75, 3.05) is 7.11 Å². The van der Waals surface area contributed by atoms with E-state index in [1.165, 1.54) is 4.90 Å². The number of ether oxygens (including phenoxy) is 2. The average molecular weight is 514 g/mol. The van der Waals surface area contributed by atoms with E-state index in [-0.39, 0.29) is 36.8 Å². The van der Waals surface area contributed by atoms with E-state index >= 15 is 0 Å². The number of nitrogens with one attached hydrogen (secondary N) is 1. The van der Waals surface area contributed by atoms with Gasteiger partial charge in [-0.1, -0.05) is 31.4 Å². The number of fused-ring (bicyclic) bond motifs is 3. The molecule has 1 aromatic rings. The first-order chi connectivity index (χ1) is 17.9. The maximum atomic E-state index is 13.6. The second-order valence-corrected chi connectivity index (χ2v) is 10.6. The number of imide groups is 1. The predicted octanol–water partition coefficient (Wildman–Crippen LogP) is 2.36. The van der Waals surface area contributed by atoms with Gasteiger partial charge in [0, 0.05) is 30.0 Å². The summed E-state index contributed by atoms with van der Waals surface area (Å²) in [5.41, 5.74) is 3.70. The van der Waals surface area contributed by atoms with Crippen molar-refractivity contribution < 1.29 is 34.1 Å². The Kier molecular flexibility index (Phi) is 7.48. The lowest BCUT2D eigenvalue weighted by Gasteiger charge is -2.45. The van der Waals surface area contributed by atoms with Crippen LogP contribution in [0.1, 0.15) is 56.9 Å². The molecule has 3 aliphatic carbocycles. The highest BCUT2D eigenvalue weighted by Crippen LogP contribution is 2.50. The number of carbonyl (C=O) groups excluding carboxylic acids is 3. The zero-order valence-electron chi connectivity index (χ0n) is 21.0. The van der Waals surface area contributed by atoms with Crippen LogP contribution in [-0.4, -0.2) is 64.1 Å². The summed E-state index contributed by atoms with van der Waals surface area (Å²) < 4.78 is 10.4. The Labute approximate surface area is 216 Å². The molecular formula is C27H35N3O7. The van der Waals surface area contributed by atoms with Crippen LogP contribution in [-0.2, 0) is 20.9 Å². The minimum atomic E-state index is -1.14. The van der Waals surface area contributed by atoms with Gasteiger partial charge >= 0.3 is 6.09 Å². The van der Waals surface area contributed by atoms with Gasteiger partial charge in [-0.25, -0.2) is 10.2 Å². The SMILES string of the molecule is COc1ccc(COC(=O)NN=C2C[C@@H](O)[C@@H](O)[C@@H]3[C@H]4C(=O)N(C5CCCCC5)C(=O)[C@@H]4CC[C@H]23)cc1. The van der Waals surface area contributed by atoms with Gasteiger partial charge in [-0.05, 0) is 43.4 Å². The summed E-state index contributed by atoms with van der Waals surface area (Å²) in [5, 5.41) is 25.8. The van der Waals surface area contributed by atoms with Crippen LogP contribution in [0.4, 0.5) is 4.79 Å². The number of nitrogens with zero attached hydrogens (tertiary/aromatic N) is 2. The maximum absolute atomic E-state index is 13.6. The van der Waals surface area contributed by atoms with Crippen molar-refractivity contribution in [3.63, 3.8) is 0 Å². The fourth-order valence-electron chi connectivity index (χ4n) is 6.74. The van der Waals surface area contributed by atoms with Crippen LogP contribution in [0.2, 0.25) is 0 Å². The van der Waals surface area contributed by atoms with Crippen LogP contribution in [0.25, 0.3) is 0 Å². The van der Waals surface area contributed by atoms with Crippen LogP contribution < -0.4 is 10.2 Å². The summed E-state index contributed by atoms with van der Waals surface area (Å²) >= 11 is 0. The van der Waals surface area contributed by atoms with E-state index in [4.69, 9.17) is 9.47 Å². The molecule has 6 atom stereocenters. The molecular weight excluding hydrogens is 478 g/mol. The standard InChI is InChI=1S/C27H35N3O7/c1-36-17-9-7-15(8-10-17)14-37-27(35)29-28-20-13-21(31)24(32)22-18(20)11-12-19-23(22)26(34)30(25(19)33)16-5-3-2-4-6-16/h7-10,16,18-19,21-24,31-32H,2-6,11-14H2,1H3,(H,29,35)/t18-,19-,21-,22+,23+,24-/m1/s1. The minimum Gasteiger partial charge on any atom is -0.497 e. The summed E-state index contributed by atoms with van der Waals surface area (Å²) in [6.45, 7) is 0.0471. The number of methoxy groups -OCH3 is 1. The summed E-state index contributed by atoms with van der Waals surface area (Å²) in [6.07, 6.45) is 2.89. The summed E-state index contributed by atoms with van der Waals surface area (Å²) in [4.78, 5) is 40.6. The zero-order chi connectivity index (χ0) is 26.1. The zero-order valence-corrected chi connectivity index (χ0v) is 21.0. The van der Waals surface area contributed by atoms with Gasteiger partial charge in [0.25, 0.3) is 0 Å². The molecule has 37 heavy (non-hydrogen) atoms. The molecule has 0 spiro atoms.